The molecule has 0 aliphatic carbocycles. The molecule has 5 nitrogen and oxygen atoms in total. The Morgan fingerprint density at radius 2 is 1.58 bits per heavy atom. The molecule has 0 saturated heterocycles. The molecule has 144 valence electrons. The average Bonchev–Trinajstić information content (AvgIpc) is 2.88. The lowest BCUT2D eigenvalue weighted by atomic mass is 9.87. The number of carbonyl (C=O) groups is 1. The second kappa shape index (κ2) is 6.66. The summed E-state index contributed by atoms with van der Waals surface area (Å²) in [5, 5.41) is 10.3. The van der Waals surface area contributed by atoms with E-state index in [1.165, 1.54) is 4.31 Å². The van der Waals surface area contributed by atoms with Crippen molar-refractivity contribution in [3.63, 3.8) is 0 Å². The van der Waals surface area contributed by atoms with Crippen molar-refractivity contribution in [2.24, 2.45) is 5.41 Å². The van der Waals surface area contributed by atoms with Gasteiger partial charge in [0.05, 0.1) is 16.4 Å². The van der Waals surface area contributed by atoms with E-state index < -0.39 is 38.2 Å². The predicted octanol–water partition coefficient (Wildman–Crippen LogP) is 4.25. The normalized spacial score (nSPS) is 22.3. The molecule has 0 bridgehead atoms. The third kappa shape index (κ3) is 3.68. The van der Waals surface area contributed by atoms with E-state index in [1.807, 2.05) is 20.8 Å². The number of carboxylic acid groups (broad SMARTS) is 1. The third-order valence-electron chi connectivity index (χ3n) is 4.53. The Bertz CT molecular complexity index is 830. The van der Waals surface area contributed by atoms with Gasteiger partial charge in [-0.15, -0.1) is 0 Å². The van der Waals surface area contributed by atoms with E-state index in [0.29, 0.717) is 10.6 Å². The number of aliphatic carboxylic acids is 1. The first kappa shape index (κ1) is 20.9. The van der Waals surface area contributed by atoms with Crippen molar-refractivity contribution >= 4 is 27.6 Å². The smallest absolute Gasteiger partial charge is 0.333 e. The van der Waals surface area contributed by atoms with Gasteiger partial charge in [-0.25, -0.2) is 13.2 Å². The highest BCUT2D eigenvalue weighted by Gasteiger charge is 2.52. The number of benzene rings is 1. The van der Waals surface area contributed by atoms with E-state index in [4.69, 9.17) is 11.6 Å². The van der Waals surface area contributed by atoms with Gasteiger partial charge in [0.25, 0.3) is 0 Å². The molecule has 1 aromatic carbocycles. The SMILES string of the molecule is CC(C)(C)[C@@H]1C=C(C(=O)O)[C@H](c2ccc(Cl)cc2)N1S(=O)(=O)C(C)(C)C. The largest absolute Gasteiger partial charge is 0.478 e. The summed E-state index contributed by atoms with van der Waals surface area (Å²) in [6.07, 6.45) is 1.57. The molecule has 2 atom stereocenters. The van der Waals surface area contributed by atoms with Gasteiger partial charge in [-0.2, -0.15) is 4.31 Å². The second-order valence-electron chi connectivity index (χ2n) is 8.64. The summed E-state index contributed by atoms with van der Waals surface area (Å²) in [6.45, 7) is 10.6. The van der Waals surface area contributed by atoms with Crippen molar-refractivity contribution in [2.45, 2.75) is 58.4 Å². The van der Waals surface area contributed by atoms with Crippen molar-refractivity contribution in [1.82, 2.24) is 4.31 Å². The number of nitrogens with zero attached hydrogens (tertiary/aromatic N) is 1. The molecule has 0 aromatic heterocycles. The lowest BCUT2D eigenvalue weighted by Crippen LogP contribution is -2.51. The maximum atomic E-state index is 13.4. The van der Waals surface area contributed by atoms with Gasteiger partial charge in [-0.05, 0) is 43.9 Å². The Labute approximate surface area is 160 Å². The first-order chi connectivity index (χ1) is 11.7. The van der Waals surface area contributed by atoms with E-state index >= 15 is 0 Å². The van der Waals surface area contributed by atoms with Crippen LogP contribution in [0, 0.1) is 5.41 Å². The quantitative estimate of drug-likeness (QED) is 0.824. The van der Waals surface area contributed by atoms with Gasteiger partial charge in [-0.3, -0.25) is 0 Å². The zero-order valence-corrected chi connectivity index (χ0v) is 17.5. The fraction of sp³-hybridized carbons (Fsp3) is 0.526. The summed E-state index contributed by atoms with van der Waals surface area (Å²) in [5.41, 5.74) is 0.183. The number of hydrogen-bond donors (Lipinski definition) is 1. The summed E-state index contributed by atoms with van der Waals surface area (Å²) < 4.78 is 27.1. The molecule has 1 aliphatic rings. The molecule has 7 heteroatoms. The minimum atomic E-state index is -3.80. The van der Waals surface area contributed by atoms with Crippen LogP contribution in [0.5, 0.6) is 0 Å². The Kier molecular flexibility index (Phi) is 5.36. The summed E-state index contributed by atoms with van der Waals surface area (Å²) >= 11 is 5.95. The number of carboxylic acids is 1. The molecule has 0 radical (unpaired) electrons. The van der Waals surface area contributed by atoms with Crippen LogP contribution >= 0.6 is 11.6 Å². The van der Waals surface area contributed by atoms with Crippen LogP contribution in [-0.2, 0) is 14.8 Å². The number of rotatable bonds is 3. The lowest BCUT2D eigenvalue weighted by Gasteiger charge is -2.40. The van der Waals surface area contributed by atoms with Gasteiger partial charge >= 0.3 is 5.97 Å². The van der Waals surface area contributed by atoms with E-state index in [2.05, 4.69) is 0 Å². The fourth-order valence-corrected chi connectivity index (χ4v) is 4.98. The van der Waals surface area contributed by atoms with Crippen LogP contribution in [0.15, 0.2) is 35.9 Å². The van der Waals surface area contributed by atoms with Crippen molar-refractivity contribution in [3.8, 4) is 0 Å². The van der Waals surface area contributed by atoms with Crippen LogP contribution in [0.2, 0.25) is 5.02 Å². The molecule has 0 amide bonds. The molecule has 0 spiro atoms. The molecule has 2 rings (SSSR count). The van der Waals surface area contributed by atoms with Crippen LogP contribution in [0.1, 0.15) is 53.1 Å². The molecule has 1 aromatic rings. The maximum absolute atomic E-state index is 13.4. The van der Waals surface area contributed by atoms with Crippen LogP contribution in [-0.4, -0.2) is 34.6 Å². The van der Waals surface area contributed by atoms with Crippen LogP contribution in [0.3, 0.4) is 0 Å². The van der Waals surface area contributed by atoms with Gasteiger partial charge in [0, 0.05) is 11.1 Å². The van der Waals surface area contributed by atoms with Crippen molar-refractivity contribution < 1.29 is 18.3 Å². The number of halogens is 1. The van der Waals surface area contributed by atoms with Gasteiger partial charge < -0.3 is 5.11 Å². The first-order valence-electron chi connectivity index (χ1n) is 8.41. The Morgan fingerprint density at radius 1 is 1.08 bits per heavy atom. The molecular weight excluding hydrogens is 374 g/mol. The van der Waals surface area contributed by atoms with Gasteiger partial charge in [-0.1, -0.05) is 50.6 Å². The Balaban J connectivity index is 2.75. The first-order valence-corrected chi connectivity index (χ1v) is 10.2. The van der Waals surface area contributed by atoms with Crippen LogP contribution < -0.4 is 0 Å². The van der Waals surface area contributed by atoms with Crippen molar-refractivity contribution in [1.29, 1.82) is 0 Å². The summed E-state index contributed by atoms with van der Waals surface area (Å²) in [7, 11) is -3.80. The van der Waals surface area contributed by atoms with Gasteiger partial charge in [0.1, 0.15) is 0 Å². The van der Waals surface area contributed by atoms with Crippen LogP contribution in [0.25, 0.3) is 0 Å². The topological polar surface area (TPSA) is 74.7 Å². The molecular formula is C19H26ClNO4S. The molecule has 0 fully saturated rings. The van der Waals surface area contributed by atoms with Crippen molar-refractivity contribution in [3.05, 3.63) is 46.5 Å². The lowest BCUT2D eigenvalue weighted by molar-refractivity contribution is -0.133. The zero-order chi connectivity index (χ0) is 20.1. The highest BCUT2D eigenvalue weighted by atomic mass is 35.5. The summed E-state index contributed by atoms with van der Waals surface area (Å²) in [6, 6.07) is 5.18. The van der Waals surface area contributed by atoms with Crippen molar-refractivity contribution in [2.75, 3.05) is 0 Å². The number of sulfonamides is 1. The standard InChI is InChI=1S/C19H26ClNO4S/c1-18(2,3)15-11-14(17(22)23)16(12-7-9-13(20)10-8-12)21(15)26(24,25)19(4,5)6/h7-11,15-16H,1-6H3,(H,22,23)/t15-,16-/m0/s1. The van der Waals surface area contributed by atoms with Crippen LogP contribution in [0.4, 0.5) is 0 Å². The Morgan fingerprint density at radius 3 is 1.96 bits per heavy atom. The summed E-state index contributed by atoms with van der Waals surface area (Å²) in [5.74, 6) is -1.12. The third-order valence-corrected chi connectivity index (χ3v) is 7.32. The summed E-state index contributed by atoms with van der Waals surface area (Å²) in [4.78, 5) is 11.9. The minimum Gasteiger partial charge on any atom is -0.478 e. The maximum Gasteiger partial charge on any atom is 0.333 e. The predicted molar refractivity (Wildman–Crippen MR) is 104 cm³/mol. The van der Waals surface area contributed by atoms with E-state index in [9.17, 15) is 18.3 Å². The minimum absolute atomic E-state index is 0.0695. The molecule has 0 saturated carbocycles. The number of hydrogen-bond acceptors (Lipinski definition) is 3. The fourth-order valence-electron chi connectivity index (χ4n) is 3.03. The van der Waals surface area contributed by atoms with E-state index in [-0.39, 0.29) is 5.57 Å². The molecule has 1 aliphatic heterocycles. The molecule has 1 N–H and O–H groups in total. The Hall–Kier alpha value is -1.37. The van der Waals surface area contributed by atoms with E-state index in [1.54, 1.807) is 51.1 Å². The molecule has 0 unspecified atom stereocenters. The van der Waals surface area contributed by atoms with Gasteiger partial charge in [0.15, 0.2) is 0 Å². The average molecular weight is 400 g/mol. The zero-order valence-electron chi connectivity index (χ0n) is 15.9. The second-order valence-corrected chi connectivity index (χ2v) is 11.7. The highest BCUT2D eigenvalue weighted by molar-refractivity contribution is 7.90. The highest BCUT2D eigenvalue weighted by Crippen LogP contribution is 2.46. The van der Waals surface area contributed by atoms with Gasteiger partial charge in [0.2, 0.25) is 10.0 Å². The molecule has 26 heavy (non-hydrogen) atoms. The van der Waals surface area contributed by atoms with E-state index in [0.717, 1.165) is 0 Å². The monoisotopic (exact) mass is 399 g/mol. The molecule has 1 heterocycles.